The zero-order chi connectivity index (χ0) is 32.8. The normalized spacial score (nSPS) is 13.2. The van der Waals surface area contributed by atoms with E-state index >= 15 is 0 Å². The molecule has 3 aromatic rings. The zero-order valence-corrected chi connectivity index (χ0v) is 27.0. The van der Waals surface area contributed by atoms with Crippen LogP contribution in [0.2, 0.25) is 10.0 Å². The number of sulfonamides is 1. The van der Waals surface area contributed by atoms with Gasteiger partial charge in [-0.1, -0.05) is 66.9 Å². The number of rotatable bonds is 12. The lowest BCUT2D eigenvalue weighted by Gasteiger charge is -2.34. The smallest absolute Gasteiger partial charge is 0.352 e. The highest BCUT2D eigenvalue weighted by Gasteiger charge is 2.36. The van der Waals surface area contributed by atoms with E-state index in [1.54, 1.807) is 39.0 Å². The van der Waals surface area contributed by atoms with Crippen LogP contribution in [0, 0.1) is 6.92 Å². The van der Waals surface area contributed by atoms with Gasteiger partial charge >= 0.3 is 6.18 Å². The largest absolute Gasteiger partial charge is 0.416 e. The number of aryl methyl sites for hydroxylation is 1. The zero-order valence-electron chi connectivity index (χ0n) is 24.7. The Hall–Kier alpha value is -3.28. The van der Waals surface area contributed by atoms with Crippen LogP contribution >= 0.6 is 23.2 Å². The van der Waals surface area contributed by atoms with Crippen molar-refractivity contribution in [3.63, 3.8) is 0 Å². The molecule has 44 heavy (non-hydrogen) atoms. The van der Waals surface area contributed by atoms with Gasteiger partial charge in [0.2, 0.25) is 11.8 Å². The van der Waals surface area contributed by atoms with Crippen LogP contribution in [0.3, 0.4) is 0 Å². The van der Waals surface area contributed by atoms with Crippen LogP contribution < -0.4 is 9.62 Å². The number of anilines is 1. The van der Waals surface area contributed by atoms with E-state index < -0.39 is 46.2 Å². The van der Waals surface area contributed by atoms with E-state index in [0.29, 0.717) is 22.4 Å². The molecule has 0 radical (unpaired) electrons. The molecule has 0 fully saturated rings. The topological polar surface area (TPSA) is 86.8 Å². The molecule has 0 spiro atoms. The first-order valence-corrected chi connectivity index (χ1v) is 16.1. The third-order valence-corrected chi connectivity index (χ3v) is 9.60. The Balaban J connectivity index is 2.14. The van der Waals surface area contributed by atoms with Crippen molar-refractivity contribution in [1.82, 2.24) is 10.2 Å². The summed E-state index contributed by atoms with van der Waals surface area (Å²) < 4.78 is 69.4. The lowest BCUT2D eigenvalue weighted by Crippen LogP contribution is -2.53. The number of nitrogens with zero attached hydrogens (tertiary/aromatic N) is 2. The molecule has 2 amide bonds. The molecule has 0 aliphatic heterocycles. The van der Waals surface area contributed by atoms with E-state index in [4.69, 9.17) is 23.2 Å². The van der Waals surface area contributed by atoms with Gasteiger partial charge < -0.3 is 10.2 Å². The molecular formula is C31H34Cl2F3N3O4S. The fourth-order valence-corrected chi connectivity index (χ4v) is 6.13. The number of carbonyl (C=O) groups excluding carboxylic acids is 2. The molecule has 0 unspecified atom stereocenters. The second-order valence-corrected chi connectivity index (χ2v) is 13.1. The van der Waals surface area contributed by atoms with E-state index in [-0.39, 0.29) is 39.6 Å². The Kier molecular flexibility index (Phi) is 11.7. The van der Waals surface area contributed by atoms with Gasteiger partial charge in [-0.15, -0.1) is 0 Å². The molecule has 0 heterocycles. The summed E-state index contributed by atoms with van der Waals surface area (Å²) in [4.78, 5) is 28.5. The predicted octanol–water partition coefficient (Wildman–Crippen LogP) is 7.24. The molecule has 0 aliphatic carbocycles. The number of amides is 2. The fraction of sp³-hybridized carbons (Fsp3) is 0.355. The van der Waals surface area contributed by atoms with Crippen molar-refractivity contribution < 1.29 is 31.2 Å². The van der Waals surface area contributed by atoms with E-state index in [1.165, 1.54) is 35.2 Å². The molecule has 0 bridgehead atoms. The van der Waals surface area contributed by atoms with Crippen molar-refractivity contribution in [2.45, 2.75) is 70.2 Å². The summed E-state index contributed by atoms with van der Waals surface area (Å²) in [6, 6.07) is 12.9. The third kappa shape index (κ3) is 8.67. The lowest BCUT2D eigenvalue weighted by molar-refractivity contribution is -0.140. The number of alkyl halides is 3. The Morgan fingerprint density at radius 2 is 1.59 bits per heavy atom. The molecule has 7 nitrogen and oxygen atoms in total. The van der Waals surface area contributed by atoms with Crippen LogP contribution in [0.4, 0.5) is 18.9 Å². The Morgan fingerprint density at radius 1 is 0.932 bits per heavy atom. The Morgan fingerprint density at radius 3 is 2.16 bits per heavy atom. The minimum atomic E-state index is -4.76. The minimum Gasteiger partial charge on any atom is -0.352 e. The van der Waals surface area contributed by atoms with Crippen LogP contribution in [-0.4, -0.2) is 43.8 Å². The first-order chi connectivity index (χ1) is 20.6. The van der Waals surface area contributed by atoms with Crippen LogP contribution in [0.25, 0.3) is 0 Å². The standard InChI is InChI=1S/C31H34Cl2F3N3O4S/c1-5-21(4)37-30(41)28(6-2)38(18-22-12-15-26(32)27(33)16-22)29(40)19-39(24-9-7-8-23(17-24)31(34,35)36)44(42,43)25-13-10-20(3)11-14-25/h7-17,21,28H,5-6,18-19H2,1-4H3,(H,37,41)/t21-,28-/m1/s1. The second-order valence-electron chi connectivity index (χ2n) is 10.4. The molecular weight excluding hydrogens is 638 g/mol. The summed E-state index contributed by atoms with van der Waals surface area (Å²) in [5, 5.41) is 3.34. The van der Waals surface area contributed by atoms with Crippen LogP contribution in [0.5, 0.6) is 0 Å². The van der Waals surface area contributed by atoms with Gasteiger partial charge in [-0.25, -0.2) is 8.42 Å². The molecule has 1 N–H and O–H groups in total. The van der Waals surface area contributed by atoms with E-state index in [2.05, 4.69) is 5.32 Å². The van der Waals surface area contributed by atoms with Crippen molar-refractivity contribution in [3.05, 3.63) is 93.5 Å². The van der Waals surface area contributed by atoms with Crippen molar-refractivity contribution in [3.8, 4) is 0 Å². The molecule has 0 saturated heterocycles. The maximum absolute atomic E-state index is 14.1. The predicted molar refractivity (Wildman–Crippen MR) is 166 cm³/mol. The van der Waals surface area contributed by atoms with E-state index in [0.717, 1.165) is 17.7 Å². The first kappa shape index (κ1) is 35.2. The average molecular weight is 673 g/mol. The van der Waals surface area contributed by atoms with Gasteiger partial charge in [0.15, 0.2) is 0 Å². The summed E-state index contributed by atoms with van der Waals surface area (Å²) in [6.45, 7) is 6.10. The maximum Gasteiger partial charge on any atom is 0.416 e. The number of nitrogens with one attached hydrogen (secondary N) is 1. The first-order valence-electron chi connectivity index (χ1n) is 13.9. The average Bonchev–Trinajstić information content (AvgIpc) is 2.97. The van der Waals surface area contributed by atoms with Gasteiger partial charge in [0.1, 0.15) is 12.6 Å². The summed E-state index contributed by atoms with van der Waals surface area (Å²) in [6.07, 6.45) is -3.97. The number of hydrogen-bond acceptors (Lipinski definition) is 4. The lowest BCUT2D eigenvalue weighted by atomic mass is 10.1. The molecule has 3 rings (SSSR count). The van der Waals surface area contributed by atoms with Gasteiger partial charge in [-0.3, -0.25) is 13.9 Å². The molecule has 238 valence electrons. The van der Waals surface area contributed by atoms with Gasteiger partial charge in [0.05, 0.1) is 26.2 Å². The van der Waals surface area contributed by atoms with Crippen LogP contribution in [0.15, 0.2) is 71.6 Å². The van der Waals surface area contributed by atoms with Crippen molar-refractivity contribution in [2.75, 3.05) is 10.8 Å². The highest BCUT2D eigenvalue weighted by atomic mass is 35.5. The van der Waals surface area contributed by atoms with Gasteiger partial charge in [0, 0.05) is 12.6 Å². The highest BCUT2D eigenvalue weighted by molar-refractivity contribution is 7.92. The van der Waals surface area contributed by atoms with E-state index in [9.17, 15) is 31.2 Å². The highest BCUT2D eigenvalue weighted by Crippen LogP contribution is 2.33. The number of hydrogen-bond donors (Lipinski definition) is 1. The Labute approximate surface area is 266 Å². The van der Waals surface area contributed by atoms with Gasteiger partial charge in [0.25, 0.3) is 10.0 Å². The number of halogens is 5. The second kappa shape index (κ2) is 14.7. The molecule has 0 saturated carbocycles. The molecule has 2 atom stereocenters. The molecule has 13 heteroatoms. The monoisotopic (exact) mass is 671 g/mol. The fourth-order valence-electron chi connectivity index (χ4n) is 4.40. The minimum absolute atomic E-state index is 0.150. The summed E-state index contributed by atoms with van der Waals surface area (Å²) in [5.74, 6) is -1.27. The van der Waals surface area contributed by atoms with Crippen molar-refractivity contribution in [1.29, 1.82) is 0 Å². The molecule has 0 aromatic heterocycles. The van der Waals surface area contributed by atoms with Crippen LogP contribution in [0.1, 0.15) is 50.3 Å². The van der Waals surface area contributed by atoms with E-state index in [1.807, 2.05) is 6.92 Å². The summed E-state index contributed by atoms with van der Waals surface area (Å²) in [5.41, 5.74) is -0.176. The SMILES string of the molecule is CC[C@@H](C)NC(=O)[C@@H](CC)N(Cc1ccc(Cl)c(Cl)c1)C(=O)CN(c1cccc(C(F)(F)F)c1)S(=O)(=O)c1ccc(C)cc1. The summed E-state index contributed by atoms with van der Waals surface area (Å²) >= 11 is 12.3. The molecule has 3 aromatic carbocycles. The number of carbonyl (C=O) groups is 2. The maximum atomic E-state index is 14.1. The quantitative estimate of drug-likeness (QED) is 0.220. The van der Waals surface area contributed by atoms with Gasteiger partial charge in [-0.05, 0) is 74.7 Å². The van der Waals surface area contributed by atoms with Crippen molar-refractivity contribution >= 4 is 50.7 Å². The summed E-state index contributed by atoms with van der Waals surface area (Å²) in [7, 11) is -4.54. The number of benzene rings is 3. The van der Waals surface area contributed by atoms with Crippen LogP contribution in [-0.2, 0) is 32.3 Å². The Bertz CT molecular complexity index is 1580. The van der Waals surface area contributed by atoms with Crippen molar-refractivity contribution in [2.24, 2.45) is 0 Å². The molecule has 0 aliphatic rings. The van der Waals surface area contributed by atoms with Gasteiger partial charge in [-0.2, -0.15) is 13.2 Å². The third-order valence-electron chi connectivity index (χ3n) is 7.07.